The van der Waals surface area contributed by atoms with Gasteiger partial charge in [-0.3, -0.25) is 0 Å². The summed E-state index contributed by atoms with van der Waals surface area (Å²) in [7, 11) is 0. The summed E-state index contributed by atoms with van der Waals surface area (Å²) in [6.07, 6.45) is 0. The lowest BCUT2D eigenvalue weighted by molar-refractivity contribution is 0.628. The first-order valence-corrected chi connectivity index (χ1v) is 19.9. The van der Waals surface area contributed by atoms with Crippen LogP contribution in [0.3, 0.4) is 0 Å². The van der Waals surface area contributed by atoms with E-state index in [2.05, 4.69) is 187 Å². The molecule has 0 saturated carbocycles. The van der Waals surface area contributed by atoms with Crippen molar-refractivity contribution in [2.75, 3.05) is 4.90 Å². The van der Waals surface area contributed by atoms with Crippen molar-refractivity contribution in [3.63, 3.8) is 0 Å². The second-order valence-electron chi connectivity index (χ2n) is 15.0. The van der Waals surface area contributed by atoms with Crippen LogP contribution >= 0.6 is 0 Å². The van der Waals surface area contributed by atoms with E-state index >= 15 is 0 Å². The van der Waals surface area contributed by atoms with Crippen molar-refractivity contribution >= 4 is 60.5 Å². The van der Waals surface area contributed by atoms with Crippen LogP contribution in [0.25, 0.3) is 88.0 Å². The molecule has 0 atom stereocenters. The van der Waals surface area contributed by atoms with E-state index in [-0.39, 0.29) is 5.82 Å². The molecule has 3 heteroatoms. The van der Waals surface area contributed by atoms with Gasteiger partial charge in [-0.15, -0.1) is 0 Å². The van der Waals surface area contributed by atoms with E-state index in [9.17, 15) is 4.39 Å². The van der Waals surface area contributed by atoms with Gasteiger partial charge in [-0.25, -0.2) is 4.39 Å². The fourth-order valence-electron chi connectivity index (χ4n) is 8.70. The summed E-state index contributed by atoms with van der Waals surface area (Å²) in [5, 5.41) is 6.99. The number of rotatable bonds is 7. The molecule has 11 rings (SSSR count). The normalized spacial score (nSPS) is 11.5. The minimum absolute atomic E-state index is 0.261. The van der Waals surface area contributed by atoms with E-state index in [1.165, 1.54) is 55.9 Å². The van der Waals surface area contributed by atoms with Gasteiger partial charge in [-0.2, -0.15) is 0 Å². The molecule has 0 spiro atoms. The highest BCUT2D eigenvalue weighted by molar-refractivity contribution is 6.13. The number of hydrogen-bond acceptors (Lipinski definition) is 2. The molecular formula is C56H36FNO. The lowest BCUT2D eigenvalue weighted by Crippen LogP contribution is -2.10. The highest BCUT2D eigenvalue weighted by Gasteiger charge is 2.19. The van der Waals surface area contributed by atoms with E-state index in [1.807, 2.05) is 12.1 Å². The maximum absolute atomic E-state index is 13.9. The van der Waals surface area contributed by atoms with E-state index in [1.54, 1.807) is 12.1 Å². The van der Waals surface area contributed by atoms with Crippen molar-refractivity contribution in [2.24, 2.45) is 0 Å². The first kappa shape index (κ1) is 34.5. The van der Waals surface area contributed by atoms with Crippen LogP contribution in [-0.4, -0.2) is 0 Å². The van der Waals surface area contributed by atoms with Crippen molar-refractivity contribution in [3.8, 4) is 44.5 Å². The zero-order valence-corrected chi connectivity index (χ0v) is 32.0. The Hall–Kier alpha value is -7.75. The van der Waals surface area contributed by atoms with Crippen LogP contribution in [0, 0.1) is 5.82 Å². The van der Waals surface area contributed by atoms with Gasteiger partial charge in [0.2, 0.25) is 0 Å². The van der Waals surface area contributed by atoms with Gasteiger partial charge in [-0.05, 0) is 103 Å². The van der Waals surface area contributed by atoms with Gasteiger partial charge in [0.1, 0.15) is 17.0 Å². The summed E-state index contributed by atoms with van der Waals surface area (Å²) in [5.41, 5.74) is 13.4. The van der Waals surface area contributed by atoms with E-state index in [4.69, 9.17) is 4.42 Å². The third-order valence-electron chi connectivity index (χ3n) is 11.5. The molecule has 0 aliphatic rings. The van der Waals surface area contributed by atoms with Crippen molar-refractivity contribution < 1.29 is 8.81 Å². The van der Waals surface area contributed by atoms with Gasteiger partial charge < -0.3 is 9.32 Å². The summed E-state index contributed by atoms with van der Waals surface area (Å²) >= 11 is 0. The lowest BCUT2D eigenvalue weighted by atomic mass is 9.97. The minimum Gasteiger partial charge on any atom is -0.455 e. The number of hydrogen-bond donors (Lipinski definition) is 0. The average molecular weight is 758 g/mol. The molecule has 2 nitrogen and oxygen atoms in total. The summed E-state index contributed by atoms with van der Waals surface area (Å²) in [5.74, 6) is -0.261. The first-order chi connectivity index (χ1) is 29.2. The maximum atomic E-state index is 13.9. The molecule has 11 aromatic rings. The van der Waals surface area contributed by atoms with E-state index < -0.39 is 0 Å². The summed E-state index contributed by atoms with van der Waals surface area (Å²) in [4.78, 5) is 2.33. The maximum Gasteiger partial charge on any atom is 0.143 e. The third-order valence-corrected chi connectivity index (χ3v) is 11.5. The second kappa shape index (κ2) is 14.3. The SMILES string of the molecule is Fc1ccc(-c2cccc3c2oc2c(-c4cccc(N(c5ccc(-c6cccc7ccccc67)cc5)c5ccc(-c6cccc7ccccc67)cc5)c4)cccc23)cc1. The molecule has 0 unspecified atom stereocenters. The predicted octanol–water partition coefficient (Wildman–Crippen LogP) is 16.2. The molecule has 0 radical (unpaired) electrons. The molecular weight excluding hydrogens is 722 g/mol. The Morgan fingerprint density at radius 1 is 0.305 bits per heavy atom. The highest BCUT2D eigenvalue weighted by atomic mass is 19.1. The summed E-state index contributed by atoms with van der Waals surface area (Å²) in [6.45, 7) is 0. The predicted molar refractivity (Wildman–Crippen MR) is 245 cm³/mol. The Kier molecular flexibility index (Phi) is 8.37. The Bertz CT molecular complexity index is 3190. The van der Waals surface area contributed by atoms with Gasteiger partial charge in [0.15, 0.2) is 0 Å². The first-order valence-electron chi connectivity index (χ1n) is 19.9. The Morgan fingerprint density at radius 3 is 1.27 bits per heavy atom. The van der Waals surface area contributed by atoms with Gasteiger partial charge in [0.05, 0.1) is 0 Å². The Morgan fingerprint density at radius 2 is 0.712 bits per heavy atom. The molecule has 59 heavy (non-hydrogen) atoms. The number of anilines is 3. The second-order valence-corrected chi connectivity index (χ2v) is 15.0. The zero-order chi connectivity index (χ0) is 39.3. The molecule has 1 aromatic heterocycles. The van der Waals surface area contributed by atoms with Crippen LogP contribution in [0.5, 0.6) is 0 Å². The van der Waals surface area contributed by atoms with Crippen LogP contribution in [-0.2, 0) is 0 Å². The number of furan rings is 1. The fraction of sp³-hybridized carbons (Fsp3) is 0. The van der Waals surface area contributed by atoms with Gasteiger partial charge >= 0.3 is 0 Å². The van der Waals surface area contributed by atoms with Crippen LogP contribution < -0.4 is 4.90 Å². The standard InChI is InChI=1S/C56H36FNO/c57-43-30-24-41(25-31-43)51-20-8-22-53-54-23-9-21-52(56(54)59-55(51)53)42-14-5-15-46(36-42)58(44-32-26-39(27-33-44)49-18-6-12-37-10-1-3-16-47(37)49)45-34-28-40(29-35-45)50-19-7-13-38-11-2-4-17-48(38)50/h1-36H. The molecule has 0 amide bonds. The summed E-state index contributed by atoms with van der Waals surface area (Å²) < 4.78 is 20.7. The van der Waals surface area contributed by atoms with Gasteiger partial charge in [0.25, 0.3) is 0 Å². The zero-order valence-electron chi connectivity index (χ0n) is 32.0. The largest absolute Gasteiger partial charge is 0.455 e. The number of nitrogens with zero attached hydrogens (tertiary/aromatic N) is 1. The molecule has 278 valence electrons. The third kappa shape index (κ3) is 6.12. The average Bonchev–Trinajstić information content (AvgIpc) is 3.69. The van der Waals surface area contributed by atoms with Crippen molar-refractivity contribution in [3.05, 3.63) is 224 Å². The monoisotopic (exact) mass is 757 g/mol. The quantitative estimate of drug-likeness (QED) is 0.161. The Balaban J connectivity index is 1.04. The number of halogens is 1. The van der Waals surface area contributed by atoms with Crippen molar-refractivity contribution in [1.29, 1.82) is 0 Å². The lowest BCUT2D eigenvalue weighted by Gasteiger charge is -2.26. The van der Waals surface area contributed by atoms with Crippen molar-refractivity contribution in [1.82, 2.24) is 0 Å². The summed E-state index contributed by atoms with van der Waals surface area (Å²) in [6, 6.07) is 75.7. The molecule has 0 aliphatic heterocycles. The fourth-order valence-corrected chi connectivity index (χ4v) is 8.70. The van der Waals surface area contributed by atoms with E-state index in [0.717, 1.165) is 61.3 Å². The molecule has 0 N–H and O–H groups in total. The topological polar surface area (TPSA) is 16.4 Å². The molecule has 10 aromatic carbocycles. The molecule has 0 aliphatic carbocycles. The smallest absolute Gasteiger partial charge is 0.143 e. The van der Waals surface area contributed by atoms with Gasteiger partial charge in [0, 0.05) is 39.0 Å². The highest BCUT2D eigenvalue weighted by Crippen LogP contribution is 2.43. The molecule has 0 fully saturated rings. The molecule has 0 saturated heterocycles. The van der Waals surface area contributed by atoms with Crippen LogP contribution in [0.15, 0.2) is 223 Å². The van der Waals surface area contributed by atoms with Crippen LogP contribution in [0.4, 0.5) is 21.5 Å². The molecule has 1 heterocycles. The number of fused-ring (bicyclic) bond motifs is 5. The van der Waals surface area contributed by atoms with Crippen LogP contribution in [0.1, 0.15) is 0 Å². The molecule has 0 bridgehead atoms. The number of benzene rings is 10. The van der Waals surface area contributed by atoms with Crippen LogP contribution in [0.2, 0.25) is 0 Å². The Labute approximate surface area is 341 Å². The van der Waals surface area contributed by atoms with E-state index in [0.29, 0.717) is 0 Å². The van der Waals surface area contributed by atoms with Gasteiger partial charge in [-0.1, -0.05) is 170 Å². The number of para-hydroxylation sites is 2. The van der Waals surface area contributed by atoms with Crippen molar-refractivity contribution in [2.45, 2.75) is 0 Å². The minimum atomic E-state index is -0.261.